The average Bonchev–Trinajstić information content (AvgIpc) is 2.38. The number of hydrogen-bond donors (Lipinski definition) is 2. The molecule has 1 fully saturated rings. The summed E-state index contributed by atoms with van der Waals surface area (Å²) in [7, 11) is 0. The summed E-state index contributed by atoms with van der Waals surface area (Å²) in [6.07, 6.45) is 2.17. The molecule has 0 amide bonds. The van der Waals surface area contributed by atoms with Crippen LogP contribution in [-0.4, -0.2) is 24.4 Å². The van der Waals surface area contributed by atoms with Crippen LogP contribution in [0.2, 0.25) is 0 Å². The molecule has 1 aromatic rings. The summed E-state index contributed by atoms with van der Waals surface area (Å²) in [5, 5.41) is 12.7. The van der Waals surface area contributed by atoms with Crippen LogP contribution in [0.15, 0.2) is 24.3 Å². The normalized spacial score (nSPS) is 17.6. The third-order valence-electron chi connectivity index (χ3n) is 3.09. The van der Waals surface area contributed by atoms with E-state index >= 15 is 0 Å². The van der Waals surface area contributed by atoms with Gasteiger partial charge in [0.15, 0.2) is 0 Å². The maximum absolute atomic E-state index is 9.21. The quantitative estimate of drug-likeness (QED) is 0.808. The molecule has 2 N–H and O–H groups in total. The molecule has 0 spiro atoms. The Morgan fingerprint density at radius 3 is 2.56 bits per heavy atom. The largest absolute Gasteiger partial charge is 0.392 e. The van der Waals surface area contributed by atoms with Gasteiger partial charge >= 0.3 is 0 Å². The molecule has 1 aromatic carbocycles. The highest BCUT2D eigenvalue weighted by atomic mass is 16.5. The third-order valence-corrected chi connectivity index (χ3v) is 3.09. The molecule has 1 saturated heterocycles. The number of aliphatic hydroxyl groups excluding tert-OH is 1. The van der Waals surface area contributed by atoms with Crippen LogP contribution in [0.5, 0.6) is 0 Å². The summed E-state index contributed by atoms with van der Waals surface area (Å²) in [5.74, 6) is 0. The summed E-state index contributed by atoms with van der Waals surface area (Å²) >= 11 is 0. The Kier molecular flexibility index (Phi) is 4.34. The highest BCUT2D eigenvalue weighted by Gasteiger charge is 2.13. The van der Waals surface area contributed by atoms with Gasteiger partial charge < -0.3 is 15.2 Å². The lowest BCUT2D eigenvalue weighted by Gasteiger charge is -2.23. The molecule has 0 aliphatic carbocycles. The fourth-order valence-corrected chi connectivity index (χ4v) is 2.04. The average molecular weight is 221 g/mol. The van der Waals surface area contributed by atoms with Gasteiger partial charge in [-0.3, -0.25) is 0 Å². The molecular weight excluding hydrogens is 202 g/mol. The van der Waals surface area contributed by atoms with Crippen LogP contribution in [0.1, 0.15) is 24.0 Å². The first-order valence-electron chi connectivity index (χ1n) is 5.89. The van der Waals surface area contributed by atoms with E-state index in [0.29, 0.717) is 6.04 Å². The van der Waals surface area contributed by atoms with Gasteiger partial charge in [-0.15, -0.1) is 0 Å². The Balaban J connectivity index is 1.88. The van der Waals surface area contributed by atoms with Crippen molar-refractivity contribution in [1.82, 2.24) is 5.32 Å². The second kappa shape index (κ2) is 5.99. The zero-order chi connectivity index (χ0) is 11.2. The van der Waals surface area contributed by atoms with Crippen LogP contribution in [0.4, 0.5) is 0 Å². The number of rotatable bonds is 4. The second-order valence-corrected chi connectivity index (χ2v) is 4.19. The van der Waals surface area contributed by atoms with E-state index in [1.807, 2.05) is 18.2 Å². The van der Waals surface area contributed by atoms with Gasteiger partial charge in [0.2, 0.25) is 0 Å². The highest BCUT2D eigenvalue weighted by molar-refractivity contribution is 5.26. The molecule has 0 unspecified atom stereocenters. The predicted octanol–water partition coefficient (Wildman–Crippen LogP) is 1.45. The minimum atomic E-state index is 0.117. The van der Waals surface area contributed by atoms with E-state index in [1.54, 1.807) is 0 Å². The topological polar surface area (TPSA) is 41.5 Å². The van der Waals surface area contributed by atoms with Gasteiger partial charge in [0.1, 0.15) is 0 Å². The standard InChI is InChI=1S/C13H19NO2/c15-10-12-4-2-1-3-11(12)9-14-13-5-7-16-8-6-13/h1-4,13-15H,5-10H2. The minimum absolute atomic E-state index is 0.117. The van der Waals surface area contributed by atoms with E-state index < -0.39 is 0 Å². The lowest BCUT2D eigenvalue weighted by molar-refractivity contribution is 0.0775. The van der Waals surface area contributed by atoms with Gasteiger partial charge in [-0.25, -0.2) is 0 Å². The molecule has 2 rings (SSSR count). The lowest BCUT2D eigenvalue weighted by Crippen LogP contribution is -2.34. The van der Waals surface area contributed by atoms with Gasteiger partial charge in [0, 0.05) is 25.8 Å². The number of hydrogen-bond acceptors (Lipinski definition) is 3. The Morgan fingerprint density at radius 2 is 1.88 bits per heavy atom. The molecule has 0 aromatic heterocycles. The van der Waals surface area contributed by atoms with E-state index in [0.717, 1.165) is 38.2 Å². The van der Waals surface area contributed by atoms with E-state index in [1.165, 1.54) is 5.56 Å². The van der Waals surface area contributed by atoms with Crippen molar-refractivity contribution in [2.24, 2.45) is 0 Å². The highest BCUT2D eigenvalue weighted by Crippen LogP contribution is 2.11. The molecule has 3 nitrogen and oxygen atoms in total. The predicted molar refractivity (Wildman–Crippen MR) is 63.0 cm³/mol. The molecule has 0 radical (unpaired) electrons. The van der Waals surface area contributed by atoms with Gasteiger partial charge in [0.25, 0.3) is 0 Å². The molecule has 1 aliphatic rings. The Hall–Kier alpha value is -0.900. The first-order chi connectivity index (χ1) is 7.90. The first-order valence-corrected chi connectivity index (χ1v) is 5.89. The molecule has 0 saturated carbocycles. The number of benzene rings is 1. The van der Waals surface area contributed by atoms with Crippen molar-refractivity contribution in [2.45, 2.75) is 32.0 Å². The Labute approximate surface area is 96.4 Å². The van der Waals surface area contributed by atoms with Crippen LogP contribution >= 0.6 is 0 Å². The van der Waals surface area contributed by atoms with Crippen molar-refractivity contribution in [1.29, 1.82) is 0 Å². The van der Waals surface area contributed by atoms with Crippen LogP contribution < -0.4 is 5.32 Å². The molecule has 1 aliphatic heterocycles. The van der Waals surface area contributed by atoms with E-state index in [2.05, 4.69) is 11.4 Å². The SMILES string of the molecule is OCc1ccccc1CNC1CCOCC1. The fraction of sp³-hybridized carbons (Fsp3) is 0.538. The Bertz CT molecular complexity index is 321. The minimum Gasteiger partial charge on any atom is -0.392 e. The third kappa shape index (κ3) is 3.04. The van der Waals surface area contributed by atoms with Crippen molar-refractivity contribution in [3.05, 3.63) is 35.4 Å². The van der Waals surface area contributed by atoms with Crippen molar-refractivity contribution < 1.29 is 9.84 Å². The van der Waals surface area contributed by atoms with Gasteiger partial charge in [0.05, 0.1) is 6.61 Å². The van der Waals surface area contributed by atoms with Crippen molar-refractivity contribution in [3.8, 4) is 0 Å². The number of ether oxygens (including phenoxy) is 1. The summed E-state index contributed by atoms with van der Waals surface area (Å²) < 4.78 is 5.32. The van der Waals surface area contributed by atoms with Gasteiger partial charge in [-0.2, -0.15) is 0 Å². The molecule has 88 valence electrons. The molecule has 0 atom stereocenters. The zero-order valence-corrected chi connectivity index (χ0v) is 9.48. The summed E-state index contributed by atoms with van der Waals surface area (Å²) in [6, 6.07) is 8.57. The second-order valence-electron chi connectivity index (χ2n) is 4.19. The zero-order valence-electron chi connectivity index (χ0n) is 9.48. The van der Waals surface area contributed by atoms with Crippen LogP contribution in [0, 0.1) is 0 Å². The maximum Gasteiger partial charge on any atom is 0.0685 e. The van der Waals surface area contributed by atoms with Gasteiger partial charge in [-0.1, -0.05) is 24.3 Å². The smallest absolute Gasteiger partial charge is 0.0685 e. The number of aliphatic hydroxyl groups is 1. The molecule has 16 heavy (non-hydrogen) atoms. The van der Waals surface area contributed by atoms with Crippen molar-refractivity contribution in [3.63, 3.8) is 0 Å². The maximum atomic E-state index is 9.21. The lowest BCUT2D eigenvalue weighted by atomic mass is 10.1. The molecular formula is C13H19NO2. The van der Waals surface area contributed by atoms with E-state index in [-0.39, 0.29) is 6.61 Å². The summed E-state index contributed by atoms with van der Waals surface area (Å²) in [5.41, 5.74) is 2.21. The summed E-state index contributed by atoms with van der Waals surface area (Å²) in [6.45, 7) is 2.67. The molecule has 0 bridgehead atoms. The van der Waals surface area contributed by atoms with Crippen LogP contribution in [-0.2, 0) is 17.9 Å². The van der Waals surface area contributed by atoms with Crippen molar-refractivity contribution >= 4 is 0 Å². The van der Waals surface area contributed by atoms with E-state index in [9.17, 15) is 5.11 Å². The van der Waals surface area contributed by atoms with Crippen molar-refractivity contribution in [2.75, 3.05) is 13.2 Å². The monoisotopic (exact) mass is 221 g/mol. The first kappa shape index (κ1) is 11.6. The fourth-order valence-electron chi connectivity index (χ4n) is 2.04. The van der Waals surface area contributed by atoms with Crippen LogP contribution in [0.25, 0.3) is 0 Å². The summed E-state index contributed by atoms with van der Waals surface area (Å²) in [4.78, 5) is 0. The van der Waals surface area contributed by atoms with Gasteiger partial charge in [-0.05, 0) is 24.0 Å². The van der Waals surface area contributed by atoms with Crippen LogP contribution in [0.3, 0.4) is 0 Å². The number of nitrogens with one attached hydrogen (secondary N) is 1. The Morgan fingerprint density at radius 1 is 1.19 bits per heavy atom. The molecule has 1 heterocycles. The molecule has 3 heteroatoms. The van der Waals surface area contributed by atoms with E-state index in [4.69, 9.17) is 4.74 Å².